The molecule has 5 nitrogen and oxygen atoms in total. The van der Waals surface area contributed by atoms with Gasteiger partial charge in [0.05, 0.1) is 17.1 Å². The molecular formula is C19H19N3O2. The van der Waals surface area contributed by atoms with E-state index < -0.39 is 6.10 Å². The van der Waals surface area contributed by atoms with Crippen LogP contribution < -0.4 is 0 Å². The molecule has 1 saturated heterocycles. The number of pyridine rings is 1. The second-order valence-electron chi connectivity index (χ2n) is 6.33. The number of likely N-dealkylation sites (tertiary alicyclic amines) is 1. The van der Waals surface area contributed by atoms with E-state index in [4.69, 9.17) is 0 Å². The minimum atomic E-state index is -0.495. The Bertz CT molecular complexity index is 859. The molecule has 2 atom stereocenters. The zero-order chi connectivity index (χ0) is 16.5. The Morgan fingerprint density at radius 1 is 1.17 bits per heavy atom. The lowest BCUT2D eigenvalue weighted by atomic mass is 9.97. The Kier molecular flexibility index (Phi) is 3.78. The number of fused-ring (bicyclic) bond motifs is 1. The number of carbonyl (C=O) groups is 1. The molecule has 0 aliphatic carbocycles. The summed E-state index contributed by atoms with van der Waals surface area (Å²) in [5.41, 5.74) is 3.30. The van der Waals surface area contributed by atoms with Crippen molar-refractivity contribution in [3.05, 3.63) is 66.0 Å². The minimum Gasteiger partial charge on any atom is -0.391 e. The average molecular weight is 321 g/mol. The second-order valence-corrected chi connectivity index (χ2v) is 6.33. The van der Waals surface area contributed by atoms with Gasteiger partial charge in [0.25, 0.3) is 5.91 Å². The van der Waals surface area contributed by atoms with Gasteiger partial charge in [0.15, 0.2) is 0 Å². The fourth-order valence-corrected chi connectivity index (χ4v) is 3.35. The van der Waals surface area contributed by atoms with Crippen LogP contribution in [0.3, 0.4) is 0 Å². The Morgan fingerprint density at radius 3 is 2.83 bits per heavy atom. The molecule has 3 aromatic rings. The summed E-state index contributed by atoms with van der Waals surface area (Å²) in [6, 6.07) is 15.5. The van der Waals surface area contributed by atoms with Crippen molar-refractivity contribution in [1.29, 1.82) is 0 Å². The fraction of sp³-hybridized carbons (Fsp3) is 0.263. The fourth-order valence-electron chi connectivity index (χ4n) is 3.35. The van der Waals surface area contributed by atoms with E-state index in [-0.39, 0.29) is 11.8 Å². The molecule has 3 heterocycles. The number of aliphatic hydroxyl groups is 1. The zero-order valence-electron chi connectivity index (χ0n) is 13.2. The van der Waals surface area contributed by atoms with Crippen molar-refractivity contribution in [3.8, 4) is 0 Å². The van der Waals surface area contributed by atoms with Crippen molar-refractivity contribution in [2.75, 3.05) is 13.1 Å². The third kappa shape index (κ3) is 2.78. The molecule has 0 saturated carbocycles. The molecule has 1 aromatic carbocycles. The van der Waals surface area contributed by atoms with Gasteiger partial charge in [-0.2, -0.15) is 0 Å². The summed E-state index contributed by atoms with van der Waals surface area (Å²) in [5.74, 6) is -0.0555. The van der Waals surface area contributed by atoms with E-state index in [0.717, 1.165) is 17.5 Å². The maximum absolute atomic E-state index is 12.7. The molecule has 0 unspecified atom stereocenters. The predicted molar refractivity (Wildman–Crippen MR) is 91.6 cm³/mol. The molecule has 5 heteroatoms. The number of hydrogen-bond donors (Lipinski definition) is 2. The van der Waals surface area contributed by atoms with Crippen molar-refractivity contribution in [1.82, 2.24) is 14.9 Å². The molecule has 4 rings (SSSR count). The van der Waals surface area contributed by atoms with Crippen molar-refractivity contribution < 1.29 is 9.90 Å². The predicted octanol–water partition coefficient (Wildman–Crippen LogP) is 2.24. The number of hydrogen-bond acceptors (Lipinski definition) is 3. The highest BCUT2D eigenvalue weighted by atomic mass is 16.3. The second kappa shape index (κ2) is 6.09. The summed E-state index contributed by atoms with van der Waals surface area (Å²) >= 11 is 0. The monoisotopic (exact) mass is 321 g/mol. The molecule has 1 amide bonds. The number of amides is 1. The van der Waals surface area contributed by atoms with Crippen molar-refractivity contribution in [2.24, 2.45) is 5.92 Å². The SMILES string of the molecule is O=C(c1ccc2[nH]ccc2n1)N1C[C@@H](Cc2ccccc2)[C@H](O)C1. The smallest absolute Gasteiger partial charge is 0.272 e. The number of aromatic amines is 1. The first-order chi connectivity index (χ1) is 11.7. The van der Waals surface area contributed by atoms with Gasteiger partial charge >= 0.3 is 0 Å². The zero-order valence-corrected chi connectivity index (χ0v) is 13.2. The van der Waals surface area contributed by atoms with E-state index in [9.17, 15) is 9.90 Å². The van der Waals surface area contributed by atoms with Gasteiger partial charge < -0.3 is 15.0 Å². The van der Waals surface area contributed by atoms with Crippen molar-refractivity contribution >= 4 is 16.9 Å². The molecule has 1 aliphatic rings. The summed E-state index contributed by atoms with van der Waals surface area (Å²) in [6.07, 6.45) is 2.09. The maximum atomic E-state index is 12.7. The highest BCUT2D eigenvalue weighted by Gasteiger charge is 2.34. The number of carbonyl (C=O) groups excluding carboxylic acids is 1. The van der Waals surface area contributed by atoms with Crippen LogP contribution in [0.5, 0.6) is 0 Å². The van der Waals surface area contributed by atoms with Gasteiger partial charge in [0.2, 0.25) is 0 Å². The standard InChI is InChI=1S/C19H19N3O2/c23-18-12-22(11-14(18)10-13-4-2-1-3-5-13)19(24)17-7-6-15-16(21-17)8-9-20-15/h1-9,14,18,20,23H,10-12H2/t14-,18-/m1/s1. The molecule has 0 bridgehead atoms. The Morgan fingerprint density at radius 2 is 2.00 bits per heavy atom. The minimum absolute atomic E-state index is 0.0624. The molecule has 2 aromatic heterocycles. The normalized spacial score (nSPS) is 20.6. The van der Waals surface area contributed by atoms with Gasteiger partial charge in [-0.1, -0.05) is 30.3 Å². The van der Waals surface area contributed by atoms with Crippen LogP contribution in [0.2, 0.25) is 0 Å². The number of benzene rings is 1. The average Bonchev–Trinajstić information content (AvgIpc) is 3.21. The number of nitrogens with zero attached hydrogens (tertiary/aromatic N) is 2. The van der Waals surface area contributed by atoms with Crippen LogP contribution in [0.1, 0.15) is 16.1 Å². The van der Waals surface area contributed by atoms with Crippen molar-refractivity contribution in [2.45, 2.75) is 12.5 Å². The first-order valence-electron chi connectivity index (χ1n) is 8.16. The first-order valence-corrected chi connectivity index (χ1v) is 8.16. The number of aliphatic hydroxyl groups excluding tert-OH is 1. The van der Waals surface area contributed by atoms with Gasteiger partial charge in [-0.3, -0.25) is 4.79 Å². The number of nitrogens with one attached hydrogen (secondary N) is 1. The van der Waals surface area contributed by atoms with Gasteiger partial charge in [-0.15, -0.1) is 0 Å². The summed E-state index contributed by atoms with van der Waals surface area (Å²) in [6.45, 7) is 0.922. The largest absolute Gasteiger partial charge is 0.391 e. The van der Waals surface area contributed by atoms with E-state index in [2.05, 4.69) is 22.1 Å². The van der Waals surface area contributed by atoms with E-state index in [1.54, 1.807) is 17.2 Å². The first kappa shape index (κ1) is 14.9. The molecule has 122 valence electrons. The van der Waals surface area contributed by atoms with Crippen molar-refractivity contribution in [3.63, 3.8) is 0 Å². The third-order valence-electron chi connectivity index (χ3n) is 4.66. The number of H-pyrrole nitrogens is 1. The van der Waals surface area contributed by atoms with Gasteiger partial charge in [0, 0.05) is 25.2 Å². The van der Waals surface area contributed by atoms with Gasteiger partial charge in [0.1, 0.15) is 5.69 Å². The highest BCUT2D eigenvalue weighted by Crippen LogP contribution is 2.23. The number of rotatable bonds is 3. The molecule has 2 N–H and O–H groups in total. The Labute approximate surface area is 139 Å². The van der Waals surface area contributed by atoms with Crippen LogP contribution in [0.15, 0.2) is 54.7 Å². The molecular weight excluding hydrogens is 302 g/mol. The molecule has 1 fully saturated rings. The van der Waals surface area contributed by atoms with E-state index in [1.165, 1.54) is 5.56 Å². The van der Waals surface area contributed by atoms with Crippen LogP contribution in [0, 0.1) is 5.92 Å². The molecule has 0 radical (unpaired) electrons. The van der Waals surface area contributed by atoms with Crippen LogP contribution in [-0.4, -0.2) is 45.1 Å². The summed E-state index contributed by atoms with van der Waals surface area (Å²) in [7, 11) is 0. The number of aromatic nitrogens is 2. The van der Waals surface area contributed by atoms with Crippen LogP contribution in [0.25, 0.3) is 11.0 Å². The van der Waals surface area contributed by atoms with Crippen LogP contribution in [-0.2, 0) is 6.42 Å². The lowest BCUT2D eigenvalue weighted by Gasteiger charge is -2.15. The lowest BCUT2D eigenvalue weighted by molar-refractivity contribution is 0.0759. The Hall–Kier alpha value is -2.66. The number of β-amino-alcohol motifs (C(OH)–C–C–N with tert-alkyl or cyclic N) is 1. The Balaban J connectivity index is 1.49. The lowest BCUT2D eigenvalue weighted by Crippen LogP contribution is -2.30. The van der Waals surface area contributed by atoms with Crippen LogP contribution >= 0.6 is 0 Å². The summed E-state index contributed by atoms with van der Waals surface area (Å²) in [4.78, 5) is 21.9. The van der Waals surface area contributed by atoms with E-state index >= 15 is 0 Å². The van der Waals surface area contributed by atoms with Gasteiger partial charge in [-0.25, -0.2) is 4.98 Å². The summed E-state index contributed by atoms with van der Waals surface area (Å²) < 4.78 is 0. The molecule has 0 spiro atoms. The molecule has 1 aliphatic heterocycles. The topological polar surface area (TPSA) is 69.2 Å². The molecule has 24 heavy (non-hydrogen) atoms. The maximum Gasteiger partial charge on any atom is 0.272 e. The van der Waals surface area contributed by atoms with E-state index in [1.807, 2.05) is 30.3 Å². The van der Waals surface area contributed by atoms with E-state index in [0.29, 0.717) is 18.8 Å². The van der Waals surface area contributed by atoms with Gasteiger partial charge in [-0.05, 0) is 30.2 Å². The van der Waals surface area contributed by atoms with Crippen LogP contribution in [0.4, 0.5) is 0 Å². The third-order valence-corrected chi connectivity index (χ3v) is 4.66. The summed E-state index contributed by atoms with van der Waals surface area (Å²) in [5, 5.41) is 10.3. The highest BCUT2D eigenvalue weighted by molar-refractivity contribution is 5.94. The quantitative estimate of drug-likeness (QED) is 0.777.